The monoisotopic (exact) mass is 387 g/mol. The first-order valence-electron chi connectivity index (χ1n) is 8.56. The van der Waals surface area contributed by atoms with Crippen molar-refractivity contribution in [3.63, 3.8) is 0 Å². The molecular weight excluding hydrogens is 366 g/mol. The van der Waals surface area contributed by atoms with Gasteiger partial charge in [-0.3, -0.25) is 14.2 Å². The molecule has 3 rings (SSSR count). The summed E-state index contributed by atoms with van der Waals surface area (Å²) in [7, 11) is 0. The number of aromatic nitrogens is 2. The van der Waals surface area contributed by atoms with Crippen LogP contribution in [-0.4, -0.2) is 39.2 Å². The fraction of sp³-hybridized carbons (Fsp3) is 0.316. The summed E-state index contributed by atoms with van der Waals surface area (Å²) in [6.07, 6.45) is 0. The maximum atomic E-state index is 12.9. The quantitative estimate of drug-likeness (QED) is 0.460. The summed E-state index contributed by atoms with van der Waals surface area (Å²) in [5.41, 5.74) is 1.68. The number of fused-ring (bicyclic) bond motifs is 1. The van der Waals surface area contributed by atoms with Gasteiger partial charge in [0.1, 0.15) is 4.70 Å². The van der Waals surface area contributed by atoms with Crippen molar-refractivity contribution in [2.75, 3.05) is 18.8 Å². The average Bonchev–Trinajstić information content (AvgIpc) is 3.13. The minimum atomic E-state index is -0.0494. The van der Waals surface area contributed by atoms with E-state index in [9.17, 15) is 9.59 Å². The van der Waals surface area contributed by atoms with Crippen molar-refractivity contribution in [3.8, 4) is 0 Å². The molecule has 0 aliphatic heterocycles. The van der Waals surface area contributed by atoms with Crippen molar-refractivity contribution in [1.82, 2.24) is 14.5 Å². The first-order chi connectivity index (χ1) is 12.6. The minimum Gasteiger partial charge on any atom is -0.343 e. The van der Waals surface area contributed by atoms with Crippen LogP contribution in [0.2, 0.25) is 0 Å². The van der Waals surface area contributed by atoms with Crippen LogP contribution in [-0.2, 0) is 11.3 Å². The van der Waals surface area contributed by atoms with Gasteiger partial charge in [0, 0.05) is 13.1 Å². The highest BCUT2D eigenvalue weighted by molar-refractivity contribution is 7.99. The third-order valence-electron chi connectivity index (χ3n) is 4.16. The lowest BCUT2D eigenvalue weighted by atomic mass is 10.2. The van der Waals surface area contributed by atoms with Crippen LogP contribution < -0.4 is 5.56 Å². The molecule has 0 N–H and O–H groups in total. The normalized spacial score (nSPS) is 11.0. The zero-order valence-corrected chi connectivity index (χ0v) is 16.5. The van der Waals surface area contributed by atoms with Gasteiger partial charge < -0.3 is 4.90 Å². The Bertz CT molecular complexity index is 946. The second kappa shape index (κ2) is 8.51. The van der Waals surface area contributed by atoms with Gasteiger partial charge in [-0.25, -0.2) is 4.98 Å². The molecule has 26 heavy (non-hydrogen) atoms. The summed E-state index contributed by atoms with van der Waals surface area (Å²) in [5.74, 6) is 0.337. The number of rotatable bonds is 7. The lowest BCUT2D eigenvalue weighted by Crippen LogP contribution is -2.32. The molecule has 0 radical (unpaired) electrons. The smallest absolute Gasteiger partial charge is 0.272 e. The van der Waals surface area contributed by atoms with Crippen LogP contribution in [0.1, 0.15) is 19.4 Å². The van der Waals surface area contributed by atoms with Gasteiger partial charge in [0.15, 0.2) is 5.16 Å². The molecule has 3 aromatic rings. The van der Waals surface area contributed by atoms with Crippen LogP contribution in [0.3, 0.4) is 0 Å². The summed E-state index contributed by atoms with van der Waals surface area (Å²) in [4.78, 5) is 31.7. The van der Waals surface area contributed by atoms with Crippen LogP contribution in [0.4, 0.5) is 0 Å². The third-order valence-corrected chi connectivity index (χ3v) is 6.01. The second-order valence-electron chi connectivity index (χ2n) is 5.76. The summed E-state index contributed by atoms with van der Waals surface area (Å²) in [5, 5.41) is 2.46. The standard InChI is InChI=1S/C19H21N3O2S2/c1-3-21(4-2)16(23)13-26-19-20-15-10-11-25-17(15)18(24)22(19)12-14-8-6-5-7-9-14/h5-11H,3-4,12-13H2,1-2H3. The van der Waals surface area contributed by atoms with Gasteiger partial charge in [-0.1, -0.05) is 42.1 Å². The predicted molar refractivity (Wildman–Crippen MR) is 108 cm³/mol. The summed E-state index contributed by atoms with van der Waals surface area (Å²) >= 11 is 2.73. The van der Waals surface area contributed by atoms with Crippen molar-refractivity contribution < 1.29 is 4.79 Å². The van der Waals surface area contributed by atoms with E-state index in [1.54, 1.807) is 9.47 Å². The molecule has 0 aliphatic rings. The Morgan fingerprint density at radius 2 is 1.92 bits per heavy atom. The molecule has 7 heteroatoms. The third kappa shape index (κ3) is 3.99. The highest BCUT2D eigenvalue weighted by atomic mass is 32.2. The highest BCUT2D eigenvalue weighted by Crippen LogP contribution is 2.22. The van der Waals surface area contributed by atoms with E-state index >= 15 is 0 Å². The number of amides is 1. The molecule has 0 bridgehead atoms. The lowest BCUT2D eigenvalue weighted by Gasteiger charge is -2.18. The Balaban J connectivity index is 1.93. The Morgan fingerprint density at radius 1 is 1.19 bits per heavy atom. The van der Waals surface area contributed by atoms with Gasteiger partial charge in [0.05, 0.1) is 17.8 Å². The maximum absolute atomic E-state index is 12.9. The van der Waals surface area contributed by atoms with E-state index in [0.29, 0.717) is 35.0 Å². The summed E-state index contributed by atoms with van der Waals surface area (Å²) < 4.78 is 2.33. The summed E-state index contributed by atoms with van der Waals surface area (Å²) in [6.45, 7) is 5.75. The molecule has 1 amide bonds. The van der Waals surface area contributed by atoms with Crippen LogP contribution in [0, 0.1) is 0 Å². The largest absolute Gasteiger partial charge is 0.343 e. The van der Waals surface area contributed by atoms with Crippen molar-refractivity contribution in [1.29, 1.82) is 0 Å². The Labute approximate surface area is 160 Å². The van der Waals surface area contributed by atoms with Crippen molar-refractivity contribution >= 4 is 39.2 Å². The minimum absolute atomic E-state index is 0.0494. The van der Waals surface area contributed by atoms with Crippen LogP contribution in [0.5, 0.6) is 0 Å². The molecule has 2 aromatic heterocycles. The number of nitrogens with zero attached hydrogens (tertiary/aromatic N) is 3. The molecule has 0 saturated heterocycles. The molecule has 2 heterocycles. The van der Waals surface area contributed by atoms with E-state index in [2.05, 4.69) is 4.98 Å². The maximum Gasteiger partial charge on any atom is 0.272 e. The number of thiophene rings is 1. The first kappa shape index (κ1) is 18.7. The Kier molecular flexibility index (Phi) is 6.11. The fourth-order valence-corrected chi connectivity index (χ4v) is 4.41. The zero-order chi connectivity index (χ0) is 18.5. The topological polar surface area (TPSA) is 55.2 Å². The summed E-state index contributed by atoms with van der Waals surface area (Å²) in [6, 6.07) is 11.7. The van der Waals surface area contributed by atoms with Crippen LogP contribution >= 0.6 is 23.1 Å². The molecule has 0 atom stereocenters. The van der Waals surface area contributed by atoms with Gasteiger partial charge >= 0.3 is 0 Å². The number of benzene rings is 1. The van der Waals surface area contributed by atoms with Gasteiger partial charge in [0.2, 0.25) is 5.91 Å². The van der Waals surface area contributed by atoms with Gasteiger partial charge in [-0.05, 0) is 30.9 Å². The molecule has 136 valence electrons. The van der Waals surface area contributed by atoms with E-state index in [1.165, 1.54) is 23.1 Å². The molecule has 0 aliphatic carbocycles. The number of hydrogen-bond acceptors (Lipinski definition) is 5. The van der Waals surface area contributed by atoms with E-state index in [-0.39, 0.29) is 17.2 Å². The molecule has 0 unspecified atom stereocenters. The van der Waals surface area contributed by atoms with E-state index in [1.807, 2.05) is 55.6 Å². The van der Waals surface area contributed by atoms with Crippen LogP contribution in [0.15, 0.2) is 51.7 Å². The Morgan fingerprint density at radius 3 is 2.62 bits per heavy atom. The average molecular weight is 388 g/mol. The van der Waals surface area contributed by atoms with Crippen LogP contribution in [0.25, 0.3) is 10.2 Å². The van der Waals surface area contributed by atoms with Crippen molar-refractivity contribution in [3.05, 3.63) is 57.7 Å². The Hall–Kier alpha value is -2.12. The second-order valence-corrected chi connectivity index (χ2v) is 7.62. The van der Waals surface area contributed by atoms with E-state index in [0.717, 1.165) is 5.56 Å². The highest BCUT2D eigenvalue weighted by Gasteiger charge is 2.16. The molecule has 5 nitrogen and oxygen atoms in total. The predicted octanol–water partition coefficient (Wildman–Crippen LogP) is 3.47. The van der Waals surface area contributed by atoms with Gasteiger partial charge in [-0.15, -0.1) is 11.3 Å². The molecular formula is C19H21N3O2S2. The molecule has 1 aromatic carbocycles. The molecule has 0 fully saturated rings. The first-order valence-corrected chi connectivity index (χ1v) is 10.4. The van der Waals surface area contributed by atoms with Gasteiger partial charge in [0.25, 0.3) is 5.56 Å². The SMILES string of the molecule is CCN(CC)C(=O)CSc1nc2ccsc2c(=O)n1Cc1ccccc1. The van der Waals surface area contributed by atoms with E-state index < -0.39 is 0 Å². The number of thioether (sulfide) groups is 1. The van der Waals surface area contributed by atoms with Crippen molar-refractivity contribution in [2.24, 2.45) is 0 Å². The number of carbonyl (C=O) groups excluding carboxylic acids is 1. The zero-order valence-electron chi connectivity index (χ0n) is 14.8. The van der Waals surface area contributed by atoms with Gasteiger partial charge in [-0.2, -0.15) is 0 Å². The number of carbonyl (C=O) groups is 1. The number of hydrogen-bond donors (Lipinski definition) is 0. The fourth-order valence-electron chi connectivity index (χ4n) is 2.73. The molecule has 0 saturated carbocycles. The van der Waals surface area contributed by atoms with E-state index in [4.69, 9.17) is 0 Å². The molecule has 0 spiro atoms. The van der Waals surface area contributed by atoms with Crippen molar-refractivity contribution in [2.45, 2.75) is 25.5 Å². The lowest BCUT2D eigenvalue weighted by molar-refractivity contribution is -0.127.